The van der Waals surface area contributed by atoms with Crippen LogP contribution >= 0.6 is 57.4 Å². The van der Waals surface area contributed by atoms with Gasteiger partial charge in [-0.05, 0) is 130 Å². The number of hydrogen-bond acceptors (Lipinski definition) is 6. The number of sulfonamides is 1. The summed E-state index contributed by atoms with van der Waals surface area (Å²) in [4.78, 5) is 10.3. The van der Waals surface area contributed by atoms with E-state index in [4.69, 9.17) is 12.2 Å². The lowest BCUT2D eigenvalue weighted by Gasteiger charge is -2.28. The molecule has 4 aromatic rings. The van der Waals surface area contributed by atoms with Gasteiger partial charge < -0.3 is 10.4 Å². The zero-order valence-electron chi connectivity index (χ0n) is 20.3. The molecule has 0 unspecified atom stereocenters. The molecule has 0 aliphatic carbocycles. The molecule has 0 saturated heterocycles. The van der Waals surface area contributed by atoms with Gasteiger partial charge in [0.1, 0.15) is 11.6 Å². The highest BCUT2D eigenvalue weighted by Gasteiger charge is 2.34. The lowest BCUT2D eigenvalue weighted by atomic mass is 10.2. The number of rotatable bonds is 7. The van der Waals surface area contributed by atoms with Crippen molar-refractivity contribution in [1.82, 2.24) is 0 Å². The van der Waals surface area contributed by atoms with Crippen molar-refractivity contribution in [2.24, 2.45) is 0 Å². The fraction of sp³-hybridized carbons (Fsp3) is 0. The van der Waals surface area contributed by atoms with E-state index in [9.17, 15) is 35.5 Å². The van der Waals surface area contributed by atoms with Crippen LogP contribution in [0.1, 0.15) is 10.4 Å². The Morgan fingerprint density at radius 3 is 1.80 bits per heavy atom. The van der Waals surface area contributed by atoms with Crippen molar-refractivity contribution < 1.29 is 35.5 Å². The zero-order chi connectivity index (χ0) is 30.1. The second-order valence-corrected chi connectivity index (χ2v) is 14.6. The van der Waals surface area contributed by atoms with Crippen molar-refractivity contribution in [2.45, 2.75) is 14.7 Å². The number of hydrogen-bond donors (Lipinski definition) is 2. The topological polar surface area (TPSA) is 121 Å². The van der Waals surface area contributed by atoms with Gasteiger partial charge in [-0.25, -0.2) is 34.7 Å². The molecule has 41 heavy (non-hydrogen) atoms. The SMILES string of the molecule is O=C(O)c1cc(I)c(NC(=S)N(c2ccccc2S(=O)(=O)c2ccc(F)cc2)S(=O)(=O)c2ccc(F)cc2)c(I)c1. The molecule has 0 heterocycles. The molecule has 15 heteroatoms. The molecule has 8 nitrogen and oxygen atoms in total. The molecule has 0 radical (unpaired) electrons. The standard InChI is InChI=1S/C26H16F2I2N2O6S3/c27-16-5-9-18(10-6-16)40(35,36)23-4-2-1-3-22(23)32(41(37,38)19-11-7-17(28)8-12-19)26(39)31-24-20(29)13-15(25(33)34)14-21(24)30/h1-14H,(H,31,39)(H,33,34). The van der Waals surface area contributed by atoms with Crippen LogP contribution in [-0.2, 0) is 19.9 Å². The van der Waals surface area contributed by atoms with E-state index in [0.29, 0.717) is 11.4 Å². The van der Waals surface area contributed by atoms with Crippen LogP contribution in [0.25, 0.3) is 0 Å². The van der Waals surface area contributed by atoms with Crippen LogP contribution in [0.3, 0.4) is 0 Å². The van der Waals surface area contributed by atoms with Gasteiger partial charge >= 0.3 is 5.97 Å². The number of sulfone groups is 1. The van der Waals surface area contributed by atoms with E-state index < -0.39 is 47.5 Å². The van der Waals surface area contributed by atoms with Crippen LogP contribution in [0.15, 0.2) is 99.6 Å². The first-order valence-electron chi connectivity index (χ1n) is 11.2. The third-order valence-electron chi connectivity index (χ3n) is 5.55. The van der Waals surface area contributed by atoms with Crippen molar-refractivity contribution in [2.75, 3.05) is 9.62 Å². The lowest BCUT2D eigenvalue weighted by Crippen LogP contribution is -2.41. The summed E-state index contributed by atoms with van der Waals surface area (Å²) in [6, 6.07) is 15.8. The van der Waals surface area contributed by atoms with Gasteiger partial charge in [0, 0.05) is 7.14 Å². The maximum Gasteiger partial charge on any atom is 0.335 e. The van der Waals surface area contributed by atoms with E-state index in [-0.39, 0.29) is 26.7 Å². The van der Waals surface area contributed by atoms with Crippen molar-refractivity contribution in [3.63, 3.8) is 0 Å². The van der Waals surface area contributed by atoms with Gasteiger partial charge in [0.05, 0.1) is 31.6 Å². The summed E-state index contributed by atoms with van der Waals surface area (Å²) in [5.41, 5.74) is -0.0907. The molecule has 4 rings (SSSR count). The molecule has 0 bridgehead atoms. The van der Waals surface area contributed by atoms with Crippen LogP contribution in [0.2, 0.25) is 0 Å². The van der Waals surface area contributed by atoms with Crippen LogP contribution in [-0.4, -0.2) is 33.0 Å². The highest BCUT2D eigenvalue weighted by molar-refractivity contribution is 14.1. The first-order valence-corrected chi connectivity index (χ1v) is 16.7. The van der Waals surface area contributed by atoms with E-state index in [1.54, 1.807) is 0 Å². The molecule has 0 aromatic heterocycles. The number of carbonyl (C=O) groups is 1. The number of aromatic carboxylic acids is 1. The summed E-state index contributed by atoms with van der Waals surface area (Å²) in [6.45, 7) is 0. The van der Waals surface area contributed by atoms with Crippen molar-refractivity contribution in [3.05, 3.63) is 109 Å². The molecule has 0 aliphatic rings. The molecule has 0 aliphatic heterocycles. The Balaban J connectivity index is 1.92. The number of nitrogens with one attached hydrogen (secondary N) is 1. The molecule has 4 aromatic carbocycles. The molecule has 0 amide bonds. The summed E-state index contributed by atoms with van der Waals surface area (Å²) in [5, 5.41) is 11.7. The van der Waals surface area contributed by atoms with Crippen LogP contribution in [0, 0.1) is 18.8 Å². The molecular weight excluding hydrogens is 824 g/mol. The van der Waals surface area contributed by atoms with E-state index in [1.807, 2.05) is 45.2 Å². The Labute approximate surface area is 266 Å². The van der Waals surface area contributed by atoms with Crippen molar-refractivity contribution in [1.29, 1.82) is 0 Å². The quantitative estimate of drug-likeness (QED) is 0.127. The van der Waals surface area contributed by atoms with Crippen molar-refractivity contribution in [3.8, 4) is 0 Å². The van der Waals surface area contributed by atoms with Gasteiger partial charge in [-0.1, -0.05) is 12.1 Å². The number of carboxylic acid groups (broad SMARTS) is 1. The number of nitrogens with zero attached hydrogens (tertiary/aromatic N) is 1. The number of anilines is 2. The van der Waals surface area contributed by atoms with Gasteiger partial charge in [0.25, 0.3) is 10.0 Å². The van der Waals surface area contributed by atoms with E-state index in [1.165, 1.54) is 36.4 Å². The average molecular weight is 840 g/mol. The summed E-state index contributed by atoms with van der Waals surface area (Å²) >= 11 is 9.24. The average Bonchev–Trinajstić information content (AvgIpc) is 2.91. The first kappa shape index (κ1) is 31.2. The minimum Gasteiger partial charge on any atom is -0.478 e. The number of para-hydroxylation sites is 1. The largest absolute Gasteiger partial charge is 0.478 e. The molecular formula is C26H16F2I2N2O6S3. The van der Waals surface area contributed by atoms with Crippen LogP contribution in [0.5, 0.6) is 0 Å². The third-order valence-corrected chi connectivity index (χ3v) is 11.2. The van der Waals surface area contributed by atoms with Crippen molar-refractivity contribution >= 4 is 99.7 Å². The zero-order valence-corrected chi connectivity index (χ0v) is 27.0. The van der Waals surface area contributed by atoms with Gasteiger partial charge in [-0.3, -0.25) is 0 Å². The fourth-order valence-corrected chi connectivity index (χ4v) is 9.03. The Kier molecular flexibility index (Phi) is 9.32. The molecule has 0 spiro atoms. The van der Waals surface area contributed by atoms with E-state index in [0.717, 1.165) is 48.5 Å². The number of thiocarbonyl (C=S) groups is 1. The lowest BCUT2D eigenvalue weighted by molar-refractivity contribution is 0.0696. The third kappa shape index (κ3) is 6.52. The van der Waals surface area contributed by atoms with Gasteiger partial charge in [-0.15, -0.1) is 0 Å². The second kappa shape index (κ2) is 12.2. The molecule has 0 fully saturated rings. The summed E-state index contributed by atoms with van der Waals surface area (Å²) in [7, 11) is -9.08. The molecule has 0 atom stereocenters. The highest BCUT2D eigenvalue weighted by Crippen LogP contribution is 2.35. The predicted molar refractivity (Wildman–Crippen MR) is 169 cm³/mol. The maximum absolute atomic E-state index is 14.0. The Bertz CT molecular complexity index is 1860. The Morgan fingerprint density at radius 2 is 1.29 bits per heavy atom. The van der Waals surface area contributed by atoms with Crippen LogP contribution < -0.4 is 9.62 Å². The maximum atomic E-state index is 14.0. The summed E-state index contributed by atoms with van der Waals surface area (Å²) < 4.78 is 83.9. The second-order valence-electron chi connectivity index (χ2n) is 8.20. The minimum atomic E-state index is -4.67. The summed E-state index contributed by atoms with van der Waals surface area (Å²) in [5.74, 6) is -2.53. The minimum absolute atomic E-state index is 0.0122. The van der Waals surface area contributed by atoms with Gasteiger partial charge in [0.15, 0.2) is 5.11 Å². The molecule has 2 N–H and O–H groups in total. The normalized spacial score (nSPS) is 11.6. The monoisotopic (exact) mass is 840 g/mol. The Hall–Kier alpha value is -2.74. The number of halogens is 4. The van der Waals surface area contributed by atoms with E-state index >= 15 is 0 Å². The predicted octanol–water partition coefficient (Wildman–Crippen LogP) is 6.30. The first-order chi connectivity index (χ1) is 19.2. The smallest absolute Gasteiger partial charge is 0.335 e. The van der Waals surface area contributed by atoms with Gasteiger partial charge in [-0.2, -0.15) is 0 Å². The van der Waals surface area contributed by atoms with Gasteiger partial charge in [0.2, 0.25) is 9.84 Å². The van der Waals surface area contributed by atoms with Crippen LogP contribution in [0.4, 0.5) is 20.2 Å². The summed E-state index contributed by atoms with van der Waals surface area (Å²) in [6.07, 6.45) is 0. The number of benzene rings is 4. The number of carboxylic acids is 1. The highest BCUT2D eigenvalue weighted by atomic mass is 127. The molecule has 212 valence electrons. The fourth-order valence-electron chi connectivity index (χ4n) is 3.63. The van der Waals surface area contributed by atoms with E-state index in [2.05, 4.69) is 5.32 Å². The Morgan fingerprint density at radius 1 is 0.805 bits per heavy atom. The molecule has 0 saturated carbocycles.